The third-order valence-corrected chi connectivity index (χ3v) is 5.48. The average molecular weight is 338 g/mol. The van der Waals surface area contributed by atoms with Crippen molar-refractivity contribution in [2.45, 2.75) is 18.2 Å². The lowest BCUT2D eigenvalue weighted by Crippen LogP contribution is -2.28. The van der Waals surface area contributed by atoms with Crippen molar-refractivity contribution < 1.29 is 13.2 Å². The Bertz CT molecular complexity index is 782. The van der Waals surface area contributed by atoms with Gasteiger partial charge in [-0.15, -0.1) is 11.3 Å². The highest BCUT2D eigenvalue weighted by Crippen LogP contribution is 2.15. The number of benzene rings is 1. The molecular weight excluding hydrogens is 320 g/mol. The zero-order valence-electron chi connectivity index (χ0n) is 12.7. The smallest absolute Gasteiger partial charge is 0.253 e. The fourth-order valence-electron chi connectivity index (χ4n) is 2.02. The number of carbonyl (C=O) groups excluding carboxylic acids is 1. The lowest BCUT2D eigenvalue weighted by molar-refractivity contribution is 0.0796. The van der Waals surface area contributed by atoms with Crippen LogP contribution in [0.4, 0.5) is 0 Å². The molecular formula is C15H18N2O3S2. The molecule has 7 heteroatoms. The van der Waals surface area contributed by atoms with E-state index in [9.17, 15) is 13.2 Å². The van der Waals surface area contributed by atoms with Crippen LogP contribution in [0.1, 0.15) is 20.9 Å². The Kier molecular flexibility index (Phi) is 4.97. The van der Waals surface area contributed by atoms with Crippen molar-refractivity contribution in [3.63, 3.8) is 0 Å². The molecule has 1 amide bonds. The Labute approximate surface area is 134 Å². The fraction of sp³-hybridized carbons (Fsp3) is 0.333. The fourth-order valence-corrected chi connectivity index (χ4v) is 3.45. The quantitative estimate of drug-likeness (QED) is 0.838. The van der Waals surface area contributed by atoms with Gasteiger partial charge in [-0.2, -0.15) is 0 Å². The minimum absolute atomic E-state index is 0.157. The average Bonchev–Trinajstić information content (AvgIpc) is 2.88. The van der Waals surface area contributed by atoms with Crippen molar-refractivity contribution in [2.75, 3.05) is 19.8 Å². The number of amides is 1. The number of thiazole rings is 1. The first-order chi connectivity index (χ1) is 10.3. The van der Waals surface area contributed by atoms with Crippen LogP contribution in [-0.2, 0) is 16.3 Å². The van der Waals surface area contributed by atoms with Crippen molar-refractivity contribution in [2.24, 2.45) is 0 Å². The molecule has 0 saturated heterocycles. The Hall–Kier alpha value is -1.73. The van der Waals surface area contributed by atoms with Gasteiger partial charge in [0.15, 0.2) is 9.84 Å². The molecule has 0 aliphatic carbocycles. The summed E-state index contributed by atoms with van der Waals surface area (Å²) in [4.78, 5) is 19.5. The zero-order chi connectivity index (χ0) is 16.3. The van der Waals surface area contributed by atoms with Gasteiger partial charge in [0.25, 0.3) is 5.91 Å². The number of likely N-dealkylation sites (N-methyl/N-ethyl adjacent to an activating group) is 1. The zero-order valence-corrected chi connectivity index (χ0v) is 14.4. The predicted octanol–water partition coefficient (Wildman–Crippen LogP) is 2.17. The summed E-state index contributed by atoms with van der Waals surface area (Å²) in [6.45, 7) is 2.51. The highest BCUT2D eigenvalue weighted by atomic mass is 32.2. The van der Waals surface area contributed by atoms with Crippen molar-refractivity contribution in [1.82, 2.24) is 9.88 Å². The summed E-state index contributed by atoms with van der Waals surface area (Å²) in [6.07, 6.45) is 1.87. The van der Waals surface area contributed by atoms with Crippen LogP contribution in [0.3, 0.4) is 0 Å². The number of sulfone groups is 1. The Morgan fingerprint density at radius 2 is 2.09 bits per heavy atom. The van der Waals surface area contributed by atoms with E-state index in [0.717, 1.165) is 23.2 Å². The number of aryl methyl sites for hydroxylation is 1. The highest BCUT2D eigenvalue weighted by molar-refractivity contribution is 7.90. The van der Waals surface area contributed by atoms with E-state index in [1.165, 1.54) is 12.1 Å². The minimum atomic E-state index is -3.32. The highest BCUT2D eigenvalue weighted by Gasteiger charge is 2.15. The normalized spacial score (nSPS) is 11.4. The van der Waals surface area contributed by atoms with Crippen LogP contribution in [0.2, 0.25) is 0 Å². The number of aromatic nitrogens is 1. The summed E-state index contributed by atoms with van der Waals surface area (Å²) >= 11 is 1.58. The second-order valence-electron chi connectivity index (χ2n) is 5.14. The Morgan fingerprint density at radius 3 is 2.68 bits per heavy atom. The van der Waals surface area contributed by atoms with Gasteiger partial charge in [-0.3, -0.25) is 4.79 Å². The standard InChI is InChI=1S/C15H18N2O3S2/c1-11-14(21-10-16-11)7-8-17(2)15(18)12-5-4-6-13(9-12)22(3,19)20/h4-6,9-10H,7-8H2,1-3H3. The van der Waals surface area contributed by atoms with E-state index in [-0.39, 0.29) is 10.8 Å². The number of hydrogen-bond acceptors (Lipinski definition) is 5. The minimum Gasteiger partial charge on any atom is -0.341 e. The van der Waals surface area contributed by atoms with E-state index in [2.05, 4.69) is 4.98 Å². The predicted molar refractivity (Wildman–Crippen MR) is 87.1 cm³/mol. The SMILES string of the molecule is Cc1ncsc1CCN(C)C(=O)c1cccc(S(C)(=O)=O)c1. The van der Waals surface area contributed by atoms with Crippen LogP contribution in [0.5, 0.6) is 0 Å². The van der Waals surface area contributed by atoms with Gasteiger partial charge >= 0.3 is 0 Å². The molecule has 0 aliphatic heterocycles. The summed E-state index contributed by atoms with van der Waals surface area (Å²) in [5.74, 6) is -0.187. The van der Waals surface area contributed by atoms with E-state index in [4.69, 9.17) is 0 Å². The largest absolute Gasteiger partial charge is 0.341 e. The van der Waals surface area contributed by atoms with Gasteiger partial charge in [-0.05, 0) is 25.1 Å². The van der Waals surface area contributed by atoms with Gasteiger partial charge in [0.2, 0.25) is 0 Å². The molecule has 0 radical (unpaired) electrons. The molecule has 0 bridgehead atoms. The third kappa shape index (κ3) is 3.92. The molecule has 2 rings (SSSR count). The number of nitrogens with zero attached hydrogens (tertiary/aromatic N) is 2. The van der Waals surface area contributed by atoms with Gasteiger partial charge in [0.1, 0.15) is 0 Å². The van der Waals surface area contributed by atoms with E-state index < -0.39 is 9.84 Å². The van der Waals surface area contributed by atoms with E-state index in [1.54, 1.807) is 40.9 Å². The van der Waals surface area contributed by atoms with Crippen LogP contribution in [-0.4, -0.2) is 44.1 Å². The maximum Gasteiger partial charge on any atom is 0.253 e. The maximum absolute atomic E-state index is 12.4. The van der Waals surface area contributed by atoms with Gasteiger partial charge in [0.05, 0.1) is 16.1 Å². The molecule has 2 aromatic rings. The molecule has 0 spiro atoms. The first-order valence-corrected chi connectivity index (χ1v) is 9.50. The summed E-state index contributed by atoms with van der Waals surface area (Å²) in [6, 6.07) is 6.13. The van der Waals surface area contributed by atoms with Crippen molar-refractivity contribution >= 4 is 27.1 Å². The molecule has 0 N–H and O–H groups in total. The number of rotatable bonds is 5. The third-order valence-electron chi connectivity index (χ3n) is 3.37. The molecule has 1 aromatic carbocycles. The summed E-state index contributed by atoms with van der Waals surface area (Å²) < 4.78 is 23.1. The summed E-state index contributed by atoms with van der Waals surface area (Å²) in [7, 11) is -1.60. The topological polar surface area (TPSA) is 67.3 Å². The van der Waals surface area contributed by atoms with E-state index >= 15 is 0 Å². The molecule has 1 aromatic heterocycles. The van der Waals surface area contributed by atoms with Crippen molar-refractivity contribution in [1.29, 1.82) is 0 Å². The monoisotopic (exact) mass is 338 g/mol. The van der Waals surface area contributed by atoms with Crippen LogP contribution < -0.4 is 0 Å². The van der Waals surface area contributed by atoms with Gasteiger partial charge in [0, 0.05) is 36.7 Å². The molecule has 0 unspecified atom stereocenters. The number of carbonyl (C=O) groups is 1. The second kappa shape index (κ2) is 6.58. The summed E-state index contributed by atoms with van der Waals surface area (Å²) in [5, 5.41) is 0. The van der Waals surface area contributed by atoms with Gasteiger partial charge in [-0.1, -0.05) is 6.07 Å². The van der Waals surface area contributed by atoms with Gasteiger partial charge in [-0.25, -0.2) is 13.4 Å². The lowest BCUT2D eigenvalue weighted by Gasteiger charge is -2.17. The van der Waals surface area contributed by atoms with Crippen LogP contribution in [0.15, 0.2) is 34.7 Å². The van der Waals surface area contributed by atoms with E-state index in [0.29, 0.717) is 12.1 Å². The lowest BCUT2D eigenvalue weighted by atomic mass is 10.2. The first kappa shape index (κ1) is 16.6. The molecule has 118 valence electrons. The number of hydrogen-bond donors (Lipinski definition) is 0. The Balaban J connectivity index is 2.09. The van der Waals surface area contributed by atoms with Gasteiger partial charge < -0.3 is 4.90 Å². The Morgan fingerprint density at radius 1 is 1.36 bits per heavy atom. The second-order valence-corrected chi connectivity index (χ2v) is 8.09. The van der Waals surface area contributed by atoms with Crippen LogP contribution in [0.25, 0.3) is 0 Å². The van der Waals surface area contributed by atoms with E-state index in [1.807, 2.05) is 6.92 Å². The van der Waals surface area contributed by atoms with Crippen molar-refractivity contribution in [3.8, 4) is 0 Å². The molecule has 0 saturated carbocycles. The first-order valence-electron chi connectivity index (χ1n) is 6.73. The van der Waals surface area contributed by atoms with Crippen LogP contribution >= 0.6 is 11.3 Å². The van der Waals surface area contributed by atoms with Crippen molar-refractivity contribution in [3.05, 3.63) is 45.9 Å². The molecule has 5 nitrogen and oxygen atoms in total. The molecule has 22 heavy (non-hydrogen) atoms. The molecule has 1 heterocycles. The molecule has 0 fully saturated rings. The van der Waals surface area contributed by atoms with Crippen LogP contribution in [0, 0.1) is 6.92 Å². The molecule has 0 aliphatic rings. The summed E-state index contributed by atoms with van der Waals surface area (Å²) in [5.41, 5.74) is 3.17. The maximum atomic E-state index is 12.4. The molecule has 0 atom stereocenters.